The highest BCUT2D eigenvalue weighted by Gasteiger charge is 2.44. The number of hydrogen-bond acceptors (Lipinski definition) is 6. The Balaban J connectivity index is 1.30. The summed E-state index contributed by atoms with van der Waals surface area (Å²) in [6.45, 7) is 13.0. The lowest BCUT2D eigenvalue weighted by atomic mass is 9.82. The van der Waals surface area contributed by atoms with Gasteiger partial charge in [-0.05, 0) is 70.4 Å². The van der Waals surface area contributed by atoms with Crippen molar-refractivity contribution in [2.45, 2.75) is 78.5 Å². The largest absolute Gasteiger partial charge is 0.497 e. The van der Waals surface area contributed by atoms with Gasteiger partial charge in [0.2, 0.25) is 0 Å². The van der Waals surface area contributed by atoms with Crippen molar-refractivity contribution in [2.75, 3.05) is 0 Å². The van der Waals surface area contributed by atoms with Crippen LogP contribution >= 0.6 is 0 Å². The van der Waals surface area contributed by atoms with E-state index in [-0.39, 0.29) is 11.7 Å². The zero-order chi connectivity index (χ0) is 26.6. The van der Waals surface area contributed by atoms with Gasteiger partial charge in [-0.3, -0.25) is 4.68 Å². The van der Waals surface area contributed by atoms with Crippen LogP contribution < -0.4 is 15.5 Å². The monoisotopic (exact) mass is 505 g/mol. The number of carbonyl (C=O) groups is 1. The van der Waals surface area contributed by atoms with Crippen LogP contribution in [-0.4, -0.2) is 40.3 Å². The summed E-state index contributed by atoms with van der Waals surface area (Å²) in [6, 6.07) is 15.9. The van der Waals surface area contributed by atoms with E-state index in [9.17, 15) is 4.79 Å². The first-order valence-electron chi connectivity index (χ1n) is 12.6. The Labute approximate surface area is 219 Å². The molecule has 9 heteroatoms. The van der Waals surface area contributed by atoms with E-state index in [1.165, 1.54) is 0 Å². The van der Waals surface area contributed by atoms with Gasteiger partial charge in [-0.2, -0.15) is 5.10 Å². The maximum Gasteiger partial charge on any atom is 0.497 e. The average Bonchev–Trinajstić information content (AvgIpc) is 3.39. The number of aromatic nitrogens is 2. The molecule has 196 valence electrons. The van der Waals surface area contributed by atoms with Gasteiger partial charge in [0, 0.05) is 24.4 Å². The van der Waals surface area contributed by atoms with Gasteiger partial charge in [0.1, 0.15) is 18.0 Å². The van der Waals surface area contributed by atoms with Gasteiger partial charge < -0.3 is 24.1 Å². The van der Waals surface area contributed by atoms with Crippen molar-refractivity contribution in [3.05, 3.63) is 77.6 Å². The van der Waals surface area contributed by atoms with Gasteiger partial charge in [0.25, 0.3) is 0 Å². The number of ether oxygens (including phenoxy) is 2. The molecule has 37 heavy (non-hydrogen) atoms. The molecule has 1 N–H and O–H groups in total. The summed E-state index contributed by atoms with van der Waals surface area (Å²) in [5, 5.41) is 7.27. The minimum absolute atomic E-state index is 0.0134. The second-order valence-electron chi connectivity index (χ2n) is 10.9. The van der Waals surface area contributed by atoms with Crippen molar-refractivity contribution >= 4 is 18.7 Å². The zero-order valence-corrected chi connectivity index (χ0v) is 22.5. The summed E-state index contributed by atoms with van der Waals surface area (Å²) in [4.78, 5) is 11.9. The Hall–Kier alpha value is -3.30. The number of hydrogen-bond donors (Lipinski definition) is 1. The molecule has 2 heterocycles. The summed E-state index contributed by atoms with van der Waals surface area (Å²) in [5.41, 5.74) is 3.17. The molecule has 0 bridgehead atoms. The molecule has 1 unspecified atom stereocenters. The van der Waals surface area contributed by atoms with Crippen molar-refractivity contribution in [1.29, 1.82) is 0 Å². The van der Waals surface area contributed by atoms with E-state index in [2.05, 4.69) is 22.5 Å². The lowest BCUT2D eigenvalue weighted by Gasteiger charge is -2.21. The molecule has 0 radical (unpaired) electrons. The van der Waals surface area contributed by atoms with E-state index < -0.39 is 18.8 Å². The first-order valence-corrected chi connectivity index (χ1v) is 12.6. The molecule has 1 aliphatic heterocycles. The second kappa shape index (κ2) is 11.0. The third kappa shape index (κ3) is 7.60. The quantitative estimate of drug-likeness (QED) is 0.456. The summed E-state index contributed by atoms with van der Waals surface area (Å²) in [5.74, 6) is 0.735. The van der Waals surface area contributed by atoms with E-state index in [0.29, 0.717) is 19.7 Å². The topological polar surface area (TPSA) is 83.8 Å². The maximum absolute atomic E-state index is 11.9. The molecule has 0 saturated carbocycles. The minimum atomic E-state index is -0.530. The Morgan fingerprint density at radius 2 is 1.86 bits per heavy atom. The molecule has 2 aromatic carbocycles. The van der Waals surface area contributed by atoms with Crippen LogP contribution in [0.25, 0.3) is 0 Å². The highest BCUT2D eigenvalue weighted by Crippen LogP contribution is 2.26. The van der Waals surface area contributed by atoms with Gasteiger partial charge >= 0.3 is 13.2 Å². The average molecular weight is 505 g/mol. The van der Waals surface area contributed by atoms with E-state index in [1.807, 2.05) is 88.8 Å². The van der Waals surface area contributed by atoms with Gasteiger partial charge in [-0.15, -0.1) is 0 Å². The molecule has 1 saturated heterocycles. The summed E-state index contributed by atoms with van der Waals surface area (Å²) in [7, 11) is -0.395. The van der Waals surface area contributed by atoms with Crippen LogP contribution in [0.1, 0.15) is 58.2 Å². The van der Waals surface area contributed by atoms with Crippen LogP contribution in [0.5, 0.6) is 5.75 Å². The normalized spacial score (nSPS) is 17.0. The van der Waals surface area contributed by atoms with Crippen molar-refractivity contribution in [3.8, 4) is 5.75 Å². The van der Waals surface area contributed by atoms with Gasteiger partial charge in [-0.1, -0.05) is 36.4 Å². The van der Waals surface area contributed by atoms with Crippen LogP contribution in [0.2, 0.25) is 0 Å². The molecule has 0 spiro atoms. The number of carbonyl (C=O) groups excluding carboxylic acids is 1. The van der Waals surface area contributed by atoms with Gasteiger partial charge in [0.15, 0.2) is 0 Å². The third-order valence-corrected chi connectivity index (χ3v) is 6.12. The van der Waals surface area contributed by atoms with E-state index >= 15 is 0 Å². The fourth-order valence-electron chi connectivity index (χ4n) is 3.89. The molecule has 1 amide bonds. The third-order valence-electron chi connectivity index (χ3n) is 6.12. The number of nitrogens with zero attached hydrogens (tertiary/aromatic N) is 2. The predicted molar refractivity (Wildman–Crippen MR) is 143 cm³/mol. The first-order chi connectivity index (χ1) is 17.5. The van der Waals surface area contributed by atoms with Crippen LogP contribution in [0, 0.1) is 0 Å². The Morgan fingerprint density at radius 1 is 1.14 bits per heavy atom. The number of rotatable bonds is 8. The smallest absolute Gasteiger partial charge is 0.489 e. The molecular weight excluding hydrogens is 469 g/mol. The molecular formula is C28H36BN3O5. The number of nitrogens with one attached hydrogen (secondary N) is 1. The van der Waals surface area contributed by atoms with Crippen molar-refractivity contribution in [3.63, 3.8) is 0 Å². The van der Waals surface area contributed by atoms with Crippen molar-refractivity contribution < 1.29 is 23.6 Å². The Bertz CT molecular complexity index is 1220. The predicted octanol–water partition coefficient (Wildman–Crippen LogP) is 4.44. The first kappa shape index (κ1) is 26.8. The summed E-state index contributed by atoms with van der Waals surface area (Å²) >= 11 is 0. The molecule has 1 fully saturated rings. The van der Waals surface area contributed by atoms with Crippen LogP contribution in [0.3, 0.4) is 0 Å². The molecule has 1 aromatic heterocycles. The lowest BCUT2D eigenvalue weighted by Crippen LogP contribution is -2.34. The molecule has 4 rings (SSSR count). The van der Waals surface area contributed by atoms with Crippen molar-refractivity contribution in [2.24, 2.45) is 0 Å². The standard InChI is InChI=1S/C28H36BN3O5/c1-20-28(5,6)37-29(36-20)24-16-31-32(18-24)17-22-10-7-11-23(13-22)19-34-25-12-8-9-21(14-25)15-30-26(33)35-27(2,3)4/h7-14,16,18,20H,15,17,19H2,1-6H3,(H,30,33). The van der Waals surface area contributed by atoms with Crippen molar-refractivity contribution in [1.82, 2.24) is 15.1 Å². The van der Waals surface area contributed by atoms with Gasteiger partial charge in [-0.25, -0.2) is 4.79 Å². The maximum atomic E-state index is 11.9. The highest BCUT2D eigenvalue weighted by atomic mass is 16.7. The van der Waals surface area contributed by atoms with E-state index in [1.54, 1.807) is 6.20 Å². The fraction of sp³-hybridized carbons (Fsp3) is 0.429. The van der Waals surface area contributed by atoms with E-state index in [0.717, 1.165) is 27.9 Å². The summed E-state index contributed by atoms with van der Waals surface area (Å²) < 4.78 is 25.2. The van der Waals surface area contributed by atoms with Gasteiger partial charge in [0.05, 0.1) is 18.2 Å². The Kier molecular flexibility index (Phi) is 7.94. The molecule has 8 nitrogen and oxygen atoms in total. The fourth-order valence-corrected chi connectivity index (χ4v) is 3.89. The number of benzene rings is 2. The summed E-state index contributed by atoms with van der Waals surface area (Å²) in [6.07, 6.45) is 3.34. The number of alkyl carbamates (subject to hydrolysis) is 1. The number of amides is 1. The molecule has 1 aliphatic rings. The zero-order valence-electron chi connectivity index (χ0n) is 22.5. The molecule has 3 aromatic rings. The van der Waals surface area contributed by atoms with Crippen LogP contribution in [0.4, 0.5) is 4.79 Å². The van der Waals surface area contributed by atoms with E-state index in [4.69, 9.17) is 18.8 Å². The minimum Gasteiger partial charge on any atom is -0.489 e. The molecule has 1 atom stereocenters. The second-order valence-corrected chi connectivity index (χ2v) is 10.9. The van der Waals surface area contributed by atoms with Crippen LogP contribution in [-0.2, 0) is 33.7 Å². The lowest BCUT2D eigenvalue weighted by molar-refractivity contribution is 0.0523. The molecule has 0 aliphatic carbocycles. The SMILES string of the molecule is CC1OB(c2cnn(Cc3cccc(COc4cccc(CNC(=O)OC(C)(C)C)c4)c3)c2)OC1(C)C. The van der Waals surface area contributed by atoms with Crippen LogP contribution in [0.15, 0.2) is 60.9 Å². The Morgan fingerprint density at radius 3 is 2.59 bits per heavy atom. The highest BCUT2D eigenvalue weighted by molar-refractivity contribution is 6.61.